The summed E-state index contributed by atoms with van der Waals surface area (Å²) in [6.45, 7) is 6.75. The van der Waals surface area contributed by atoms with Gasteiger partial charge in [-0.2, -0.15) is 0 Å². The van der Waals surface area contributed by atoms with E-state index in [-0.39, 0.29) is 11.4 Å². The van der Waals surface area contributed by atoms with Crippen LogP contribution < -0.4 is 8.21 Å². The number of carbonyl (C=O) groups excluding carboxylic acids is 1. The molecule has 0 saturated heterocycles. The molecule has 0 aliphatic heterocycles. The molecule has 9 heteroatoms. The van der Waals surface area contributed by atoms with Crippen molar-refractivity contribution in [3.8, 4) is 11.5 Å². The SMILES string of the molecule is CCOC1(c2cc(/C(=C\N(C)C=O)c3cc([NH][Sb]([CH3])[CH2]C)ccc3Oc3ccc(F)cc3F)c(C)[nH]2)CC1. The molecule has 202 valence electrons. The first-order valence-electron chi connectivity index (χ1n) is 12.7. The van der Waals surface area contributed by atoms with Crippen LogP contribution in [0.3, 0.4) is 0 Å². The van der Waals surface area contributed by atoms with Crippen LogP contribution in [0.15, 0.2) is 48.7 Å². The van der Waals surface area contributed by atoms with Crippen LogP contribution in [0.4, 0.5) is 14.5 Å². The van der Waals surface area contributed by atoms with E-state index in [0.717, 1.165) is 64.0 Å². The second kappa shape index (κ2) is 11.9. The predicted molar refractivity (Wildman–Crippen MR) is 148 cm³/mol. The van der Waals surface area contributed by atoms with E-state index in [2.05, 4.69) is 26.3 Å². The minimum absolute atomic E-state index is 0.0875. The van der Waals surface area contributed by atoms with Gasteiger partial charge in [-0.05, 0) is 0 Å². The van der Waals surface area contributed by atoms with Gasteiger partial charge >= 0.3 is 231 Å². The number of aryl methyl sites for hydroxylation is 1. The third kappa shape index (κ3) is 6.24. The van der Waals surface area contributed by atoms with Crippen molar-refractivity contribution in [3.05, 3.63) is 82.8 Å². The molecular weight excluding hydrogens is 598 g/mol. The third-order valence-electron chi connectivity index (χ3n) is 6.60. The van der Waals surface area contributed by atoms with Gasteiger partial charge in [0.25, 0.3) is 0 Å². The van der Waals surface area contributed by atoms with Gasteiger partial charge in [0.1, 0.15) is 0 Å². The van der Waals surface area contributed by atoms with Crippen LogP contribution in [-0.2, 0) is 15.1 Å². The monoisotopic (exact) mass is 631 g/mol. The Kier molecular flexibility index (Phi) is 8.84. The van der Waals surface area contributed by atoms with E-state index in [4.69, 9.17) is 9.47 Å². The normalized spacial score (nSPS) is 14.5. The van der Waals surface area contributed by atoms with E-state index in [0.29, 0.717) is 17.9 Å². The Morgan fingerprint density at radius 3 is 2.50 bits per heavy atom. The molecule has 1 saturated carbocycles. The second-order valence-corrected chi connectivity index (χ2v) is 15.9. The summed E-state index contributed by atoms with van der Waals surface area (Å²) in [5.41, 5.74) is 4.79. The van der Waals surface area contributed by atoms with Crippen molar-refractivity contribution in [1.29, 1.82) is 0 Å². The molecule has 1 aromatic heterocycles. The molecule has 0 atom stereocenters. The maximum atomic E-state index is 14.6. The molecule has 4 rings (SSSR count). The van der Waals surface area contributed by atoms with Crippen LogP contribution in [0.2, 0.25) is 9.24 Å². The third-order valence-corrected chi connectivity index (χ3v) is 11.1. The zero-order valence-electron chi connectivity index (χ0n) is 22.4. The van der Waals surface area contributed by atoms with E-state index in [1.807, 2.05) is 26.0 Å². The first-order valence-corrected chi connectivity index (χ1v) is 18.3. The fourth-order valence-corrected chi connectivity index (χ4v) is 6.46. The summed E-state index contributed by atoms with van der Waals surface area (Å²) < 4.78 is 45.0. The van der Waals surface area contributed by atoms with Crippen molar-refractivity contribution in [2.24, 2.45) is 0 Å². The number of aromatic nitrogens is 1. The first-order chi connectivity index (χ1) is 18.2. The molecule has 0 spiro atoms. The number of H-pyrrole nitrogens is 1. The topological polar surface area (TPSA) is 66.6 Å². The number of hydrogen-bond acceptors (Lipinski definition) is 4. The Hall–Kier alpha value is -2.83. The van der Waals surface area contributed by atoms with Crippen LogP contribution in [0, 0.1) is 18.6 Å². The number of rotatable bonds is 12. The Balaban J connectivity index is 1.87. The summed E-state index contributed by atoms with van der Waals surface area (Å²) in [6, 6.07) is 11.0. The molecule has 0 radical (unpaired) electrons. The molecule has 2 aromatic carbocycles. The van der Waals surface area contributed by atoms with Gasteiger partial charge in [0.2, 0.25) is 0 Å². The number of ether oxygens (including phenoxy) is 2. The molecule has 2 N–H and O–H groups in total. The maximum absolute atomic E-state index is 14.6. The molecule has 3 aromatic rings. The Morgan fingerprint density at radius 2 is 1.87 bits per heavy atom. The van der Waals surface area contributed by atoms with Crippen molar-refractivity contribution in [2.45, 2.75) is 48.5 Å². The number of hydrogen-bond donors (Lipinski definition) is 2. The summed E-state index contributed by atoms with van der Waals surface area (Å²) in [5.74, 6) is -1.18. The first kappa shape index (κ1) is 28.2. The van der Waals surface area contributed by atoms with Crippen molar-refractivity contribution < 1.29 is 23.0 Å². The zero-order valence-corrected chi connectivity index (χ0v) is 25.0. The average Bonchev–Trinajstić information content (AvgIpc) is 3.58. The van der Waals surface area contributed by atoms with Crippen LogP contribution in [0.1, 0.15) is 49.2 Å². The minimum atomic E-state index is -1.65. The number of anilines is 1. The molecule has 0 unspecified atom stereocenters. The number of nitrogens with zero attached hydrogens (tertiary/aromatic N) is 1. The summed E-state index contributed by atoms with van der Waals surface area (Å²) >= 11 is -1.65. The van der Waals surface area contributed by atoms with Gasteiger partial charge < -0.3 is 0 Å². The molecule has 1 aliphatic carbocycles. The molecule has 1 amide bonds. The van der Waals surface area contributed by atoms with E-state index in [1.165, 1.54) is 11.0 Å². The predicted octanol–water partition coefficient (Wildman–Crippen LogP) is 6.95. The van der Waals surface area contributed by atoms with Crippen LogP contribution in [-0.4, -0.2) is 50.4 Å². The van der Waals surface area contributed by atoms with Crippen molar-refractivity contribution >= 4 is 38.2 Å². The Labute approximate surface area is 230 Å². The Bertz CT molecular complexity index is 1340. The summed E-state index contributed by atoms with van der Waals surface area (Å²) in [5, 5.41) is 0. The molecule has 1 fully saturated rings. The standard InChI is InChI=1S/C26H26F2N3O3.C2H5.CH3.Sb/c1-4-33-26(9-10-26)25-13-19(16(2)30-25)21(14-31(3)15-32)20-12-18(29)6-8-23(20)34-24-7-5-17(27)11-22(24)28;1-2;;/h5-8,11-15,29-30H,4,9-10H2,1-3H3;1H2,2H3;1H3;/q-1;;;+1/b21-14+;;;. The van der Waals surface area contributed by atoms with Crippen LogP contribution >= 0.6 is 0 Å². The number of halogens is 2. The molecule has 6 nitrogen and oxygen atoms in total. The van der Waals surface area contributed by atoms with Gasteiger partial charge in [0, 0.05) is 0 Å². The van der Waals surface area contributed by atoms with Crippen LogP contribution in [0.5, 0.6) is 11.5 Å². The fourth-order valence-electron chi connectivity index (χ4n) is 4.36. The number of nitrogens with one attached hydrogen (secondary N) is 2. The molecule has 1 aliphatic rings. The average molecular weight is 632 g/mol. The van der Waals surface area contributed by atoms with Crippen molar-refractivity contribution in [1.82, 2.24) is 9.88 Å². The van der Waals surface area contributed by atoms with Gasteiger partial charge in [-0.15, -0.1) is 0 Å². The molecule has 0 bridgehead atoms. The number of carbonyl (C=O) groups is 1. The summed E-state index contributed by atoms with van der Waals surface area (Å²) in [6.07, 6.45) is 4.34. The summed E-state index contributed by atoms with van der Waals surface area (Å²) in [4.78, 5) is 18.9. The fraction of sp³-hybridized carbons (Fsp3) is 0.345. The van der Waals surface area contributed by atoms with E-state index >= 15 is 0 Å². The van der Waals surface area contributed by atoms with Gasteiger partial charge in [0.15, 0.2) is 0 Å². The van der Waals surface area contributed by atoms with Crippen molar-refractivity contribution in [3.63, 3.8) is 0 Å². The van der Waals surface area contributed by atoms with Crippen molar-refractivity contribution in [2.75, 3.05) is 17.1 Å². The zero-order chi connectivity index (χ0) is 27.4. The van der Waals surface area contributed by atoms with Gasteiger partial charge in [-0.3, -0.25) is 0 Å². The van der Waals surface area contributed by atoms with Crippen LogP contribution in [0.25, 0.3) is 5.57 Å². The molecule has 1 heterocycles. The second-order valence-electron chi connectivity index (χ2n) is 9.48. The molecule has 38 heavy (non-hydrogen) atoms. The van der Waals surface area contributed by atoms with E-state index in [9.17, 15) is 13.6 Å². The van der Waals surface area contributed by atoms with Gasteiger partial charge in [-0.1, -0.05) is 0 Å². The van der Waals surface area contributed by atoms with E-state index in [1.54, 1.807) is 19.3 Å². The van der Waals surface area contributed by atoms with Gasteiger partial charge in [0.05, 0.1) is 0 Å². The number of benzene rings is 2. The molecular formula is C29H34F2N3O3Sb. The quantitative estimate of drug-likeness (QED) is 0.168. The summed E-state index contributed by atoms with van der Waals surface area (Å²) in [7, 11) is 1.66. The number of amides is 1. The Morgan fingerprint density at radius 1 is 1.13 bits per heavy atom. The number of aromatic amines is 1. The van der Waals surface area contributed by atoms with Gasteiger partial charge in [-0.25, -0.2) is 0 Å². The van der Waals surface area contributed by atoms with E-state index < -0.39 is 32.1 Å².